The number of carbonyl (C=O) groups excluding carboxylic acids is 2. The van der Waals surface area contributed by atoms with Crippen LogP contribution in [0.15, 0.2) is 0 Å². The minimum Gasteiger partial charge on any atom is -0.480 e. The van der Waals surface area contributed by atoms with Crippen molar-refractivity contribution in [3.8, 4) is 0 Å². The molecule has 1 amide bonds. The van der Waals surface area contributed by atoms with Crippen molar-refractivity contribution >= 4 is 17.8 Å². The Morgan fingerprint density at radius 3 is 2.27 bits per heavy atom. The summed E-state index contributed by atoms with van der Waals surface area (Å²) in [5.41, 5.74) is 0. The maximum absolute atomic E-state index is 11.1. The average Bonchev–Trinajstić information content (AvgIpc) is 2.46. The maximum atomic E-state index is 11.1. The lowest BCUT2D eigenvalue weighted by molar-refractivity contribution is -0.147. The summed E-state index contributed by atoms with van der Waals surface area (Å²) in [7, 11) is 0. The third-order valence-corrected chi connectivity index (χ3v) is 2.28. The summed E-state index contributed by atoms with van der Waals surface area (Å²) in [6, 6.07) is -0.883. The van der Waals surface area contributed by atoms with Gasteiger partial charge in [-0.3, -0.25) is 9.59 Å². The zero-order valence-corrected chi connectivity index (χ0v) is 8.60. The molecule has 2 unspecified atom stereocenters. The van der Waals surface area contributed by atoms with Crippen LogP contribution in [-0.2, 0) is 19.1 Å². The highest BCUT2D eigenvalue weighted by Crippen LogP contribution is 2.20. The molecule has 0 bridgehead atoms. The van der Waals surface area contributed by atoms with Crippen LogP contribution in [0.25, 0.3) is 0 Å². The second-order valence-electron chi connectivity index (χ2n) is 3.49. The molecule has 0 aliphatic carbocycles. The highest BCUT2D eigenvalue weighted by Gasteiger charge is 2.39. The molecule has 1 aliphatic heterocycles. The van der Waals surface area contributed by atoms with E-state index in [0.29, 0.717) is 0 Å². The molecular formula is C9H13NO5. The Kier molecular flexibility index (Phi) is 3.28. The molecule has 0 aromatic rings. The van der Waals surface area contributed by atoms with E-state index in [0.717, 1.165) is 0 Å². The fraction of sp³-hybridized carbons (Fsp3) is 0.667. The van der Waals surface area contributed by atoms with Crippen LogP contribution in [0, 0.1) is 0 Å². The SMILES string of the molecule is CC(=O)OC1CC(C(=O)O)N(C(C)=O)C1. The largest absolute Gasteiger partial charge is 0.480 e. The molecule has 1 N–H and O–H groups in total. The van der Waals surface area contributed by atoms with E-state index in [2.05, 4.69) is 0 Å². The molecule has 1 rings (SSSR count). The predicted octanol–water partition coefficient (Wildman–Crippen LogP) is -0.376. The van der Waals surface area contributed by atoms with Crippen molar-refractivity contribution in [3.63, 3.8) is 0 Å². The second kappa shape index (κ2) is 4.29. The van der Waals surface area contributed by atoms with Gasteiger partial charge in [0.1, 0.15) is 12.1 Å². The van der Waals surface area contributed by atoms with Crippen molar-refractivity contribution in [2.24, 2.45) is 0 Å². The lowest BCUT2D eigenvalue weighted by Crippen LogP contribution is -2.39. The maximum Gasteiger partial charge on any atom is 0.326 e. The Bertz CT molecular complexity index is 279. The van der Waals surface area contributed by atoms with Gasteiger partial charge in [-0.1, -0.05) is 0 Å². The van der Waals surface area contributed by atoms with Gasteiger partial charge >= 0.3 is 11.9 Å². The van der Waals surface area contributed by atoms with E-state index in [1.165, 1.54) is 18.7 Å². The van der Waals surface area contributed by atoms with E-state index in [4.69, 9.17) is 9.84 Å². The number of esters is 1. The van der Waals surface area contributed by atoms with Gasteiger partial charge in [0, 0.05) is 20.3 Å². The Hall–Kier alpha value is -1.59. The lowest BCUT2D eigenvalue weighted by atomic mass is 10.2. The van der Waals surface area contributed by atoms with E-state index in [9.17, 15) is 14.4 Å². The van der Waals surface area contributed by atoms with Crippen LogP contribution in [0.3, 0.4) is 0 Å². The molecule has 84 valence electrons. The van der Waals surface area contributed by atoms with Crippen molar-refractivity contribution in [2.75, 3.05) is 6.54 Å². The summed E-state index contributed by atoms with van der Waals surface area (Å²) < 4.78 is 4.88. The monoisotopic (exact) mass is 215 g/mol. The van der Waals surface area contributed by atoms with Crippen LogP contribution in [0.1, 0.15) is 20.3 Å². The van der Waals surface area contributed by atoms with Gasteiger partial charge in [-0.15, -0.1) is 0 Å². The molecule has 6 heteroatoms. The molecule has 6 nitrogen and oxygen atoms in total. The van der Waals surface area contributed by atoms with Gasteiger partial charge in [0.15, 0.2) is 0 Å². The summed E-state index contributed by atoms with van der Waals surface area (Å²) in [5, 5.41) is 8.85. The Balaban J connectivity index is 2.69. The molecule has 0 aromatic carbocycles. The molecule has 0 spiro atoms. The first kappa shape index (κ1) is 11.5. The van der Waals surface area contributed by atoms with Gasteiger partial charge < -0.3 is 14.7 Å². The van der Waals surface area contributed by atoms with Crippen LogP contribution >= 0.6 is 0 Å². The molecule has 1 aliphatic rings. The molecular weight excluding hydrogens is 202 g/mol. The standard InChI is InChI=1S/C9H13NO5/c1-5(11)10-4-7(15-6(2)12)3-8(10)9(13)14/h7-8H,3-4H2,1-2H3,(H,13,14). The molecule has 1 fully saturated rings. The average molecular weight is 215 g/mol. The molecule has 15 heavy (non-hydrogen) atoms. The number of rotatable bonds is 2. The Morgan fingerprint density at radius 1 is 1.33 bits per heavy atom. The number of carbonyl (C=O) groups is 3. The van der Waals surface area contributed by atoms with Gasteiger partial charge in [0.25, 0.3) is 0 Å². The van der Waals surface area contributed by atoms with Crippen molar-refractivity contribution in [2.45, 2.75) is 32.4 Å². The van der Waals surface area contributed by atoms with E-state index < -0.39 is 24.1 Å². The van der Waals surface area contributed by atoms with Gasteiger partial charge in [-0.2, -0.15) is 0 Å². The number of ether oxygens (including phenoxy) is 1. The Morgan fingerprint density at radius 2 is 1.93 bits per heavy atom. The van der Waals surface area contributed by atoms with Gasteiger partial charge in [0.2, 0.25) is 5.91 Å². The van der Waals surface area contributed by atoms with Crippen LogP contribution in [-0.4, -0.2) is 46.5 Å². The van der Waals surface area contributed by atoms with Crippen LogP contribution < -0.4 is 0 Å². The van der Waals surface area contributed by atoms with Gasteiger partial charge in [-0.25, -0.2) is 4.79 Å². The second-order valence-corrected chi connectivity index (χ2v) is 3.49. The molecule has 1 saturated heterocycles. The van der Waals surface area contributed by atoms with Crippen molar-refractivity contribution in [3.05, 3.63) is 0 Å². The number of likely N-dealkylation sites (tertiary alicyclic amines) is 1. The lowest BCUT2D eigenvalue weighted by Gasteiger charge is -2.18. The van der Waals surface area contributed by atoms with E-state index in [1.54, 1.807) is 0 Å². The first-order valence-electron chi connectivity index (χ1n) is 4.59. The normalized spacial score (nSPS) is 25.1. The first-order valence-corrected chi connectivity index (χ1v) is 4.59. The number of aliphatic carboxylic acids is 1. The van der Waals surface area contributed by atoms with Gasteiger partial charge in [-0.05, 0) is 0 Å². The number of carboxylic acids is 1. The first-order chi connectivity index (χ1) is 6.91. The third-order valence-electron chi connectivity index (χ3n) is 2.28. The number of hydrogen-bond donors (Lipinski definition) is 1. The summed E-state index contributed by atoms with van der Waals surface area (Å²) in [4.78, 5) is 33.8. The number of nitrogens with zero attached hydrogens (tertiary/aromatic N) is 1. The minimum absolute atomic E-state index is 0.159. The summed E-state index contributed by atoms with van der Waals surface area (Å²) >= 11 is 0. The summed E-state index contributed by atoms with van der Waals surface area (Å²) in [6.07, 6.45) is -0.346. The van der Waals surface area contributed by atoms with Crippen molar-refractivity contribution in [1.82, 2.24) is 4.90 Å². The fourth-order valence-electron chi connectivity index (χ4n) is 1.70. The fourth-order valence-corrected chi connectivity index (χ4v) is 1.70. The molecule has 0 aromatic heterocycles. The zero-order valence-electron chi connectivity index (χ0n) is 8.60. The zero-order chi connectivity index (χ0) is 11.6. The predicted molar refractivity (Wildman–Crippen MR) is 49.0 cm³/mol. The van der Waals surface area contributed by atoms with E-state index in [1.807, 2.05) is 0 Å². The smallest absolute Gasteiger partial charge is 0.326 e. The number of hydrogen-bond acceptors (Lipinski definition) is 4. The van der Waals surface area contributed by atoms with Crippen molar-refractivity contribution in [1.29, 1.82) is 0 Å². The molecule has 0 radical (unpaired) electrons. The molecule has 0 saturated carbocycles. The Labute approximate surface area is 86.8 Å². The molecule has 1 heterocycles. The third kappa shape index (κ3) is 2.68. The highest BCUT2D eigenvalue weighted by atomic mass is 16.5. The van der Waals surface area contributed by atoms with Crippen LogP contribution in [0.5, 0.6) is 0 Å². The summed E-state index contributed by atoms with van der Waals surface area (Å²) in [5.74, 6) is -1.86. The number of carboxylic acid groups (broad SMARTS) is 1. The quantitative estimate of drug-likeness (QED) is 0.635. The summed E-state index contributed by atoms with van der Waals surface area (Å²) in [6.45, 7) is 2.71. The van der Waals surface area contributed by atoms with Crippen LogP contribution in [0.2, 0.25) is 0 Å². The van der Waals surface area contributed by atoms with E-state index in [-0.39, 0.29) is 18.9 Å². The molecule has 2 atom stereocenters. The van der Waals surface area contributed by atoms with Gasteiger partial charge in [0.05, 0.1) is 6.54 Å². The highest BCUT2D eigenvalue weighted by molar-refractivity contribution is 5.83. The number of amides is 1. The van der Waals surface area contributed by atoms with Crippen LogP contribution in [0.4, 0.5) is 0 Å². The van der Waals surface area contributed by atoms with E-state index >= 15 is 0 Å². The van der Waals surface area contributed by atoms with Crippen molar-refractivity contribution < 1.29 is 24.2 Å². The topological polar surface area (TPSA) is 83.9 Å². The minimum atomic E-state index is -1.07.